The van der Waals surface area contributed by atoms with E-state index in [4.69, 9.17) is 0 Å². The van der Waals surface area contributed by atoms with Crippen LogP contribution in [0.15, 0.2) is 0 Å². The van der Waals surface area contributed by atoms with E-state index in [0.717, 1.165) is 19.4 Å². The van der Waals surface area contributed by atoms with E-state index in [1.54, 1.807) is 0 Å². The first-order valence-corrected chi connectivity index (χ1v) is 7.65. The predicted molar refractivity (Wildman–Crippen MR) is 78.3 cm³/mol. The fourth-order valence-electron chi connectivity index (χ4n) is 3.26. The molecule has 4 atom stereocenters. The summed E-state index contributed by atoms with van der Waals surface area (Å²) in [6.07, 6.45) is 2.52. The van der Waals surface area contributed by atoms with Gasteiger partial charge >= 0.3 is 0 Å². The van der Waals surface area contributed by atoms with E-state index in [0.29, 0.717) is 12.5 Å². The zero-order valence-electron chi connectivity index (χ0n) is 13.3. The van der Waals surface area contributed by atoms with Crippen molar-refractivity contribution in [3.05, 3.63) is 0 Å². The summed E-state index contributed by atoms with van der Waals surface area (Å²) in [6.45, 7) is 8.79. The van der Waals surface area contributed by atoms with Crippen molar-refractivity contribution in [3.8, 4) is 0 Å². The summed E-state index contributed by atoms with van der Waals surface area (Å²) in [5, 5.41) is 2.89. The van der Waals surface area contributed by atoms with E-state index in [2.05, 4.69) is 24.2 Å². The van der Waals surface area contributed by atoms with Crippen LogP contribution < -0.4 is 5.32 Å². The fourth-order valence-corrected chi connectivity index (χ4v) is 3.26. The monoisotopic (exact) mass is 281 g/mol. The topological polar surface area (TPSA) is 52.7 Å². The second-order valence-electron chi connectivity index (χ2n) is 6.57. The van der Waals surface area contributed by atoms with Gasteiger partial charge in [-0.15, -0.1) is 0 Å². The zero-order chi connectivity index (χ0) is 15.1. The Balaban J connectivity index is 2.23. The molecule has 0 aromatic rings. The molecule has 0 aliphatic carbocycles. The minimum atomic E-state index is -0.740. The van der Waals surface area contributed by atoms with E-state index in [-0.39, 0.29) is 23.9 Å². The molecule has 5 heteroatoms. The van der Waals surface area contributed by atoms with Crippen molar-refractivity contribution in [1.82, 2.24) is 15.1 Å². The summed E-state index contributed by atoms with van der Waals surface area (Å²) in [5.74, 6) is 0.0504. The molecular weight excluding hydrogens is 254 g/mol. The van der Waals surface area contributed by atoms with Crippen LogP contribution in [0.5, 0.6) is 0 Å². The number of carbonyl (C=O) groups is 2. The number of piperazine rings is 1. The maximum atomic E-state index is 12.8. The minimum absolute atomic E-state index is 0.0273. The summed E-state index contributed by atoms with van der Waals surface area (Å²) in [7, 11) is 2.12. The summed E-state index contributed by atoms with van der Waals surface area (Å²) < 4.78 is 0. The molecule has 5 nitrogen and oxygen atoms in total. The van der Waals surface area contributed by atoms with Gasteiger partial charge in [-0.2, -0.15) is 0 Å². The first-order valence-electron chi connectivity index (χ1n) is 7.65. The Morgan fingerprint density at radius 2 is 2.00 bits per heavy atom. The number of likely N-dealkylation sites (tertiary alicyclic amines) is 1. The number of nitrogens with one attached hydrogen (secondary N) is 1. The first kappa shape index (κ1) is 15.3. The van der Waals surface area contributed by atoms with Crippen molar-refractivity contribution in [2.45, 2.75) is 70.6 Å². The maximum absolute atomic E-state index is 12.8. The molecule has 2 aliphatic rings. The predicted octanol–water partition coefficient (Wildman–Crippen LogP) is 0.985. The number of hydrogen-bond donors (Lipinski definition) is 1. The minimum Gasteiger partial charge on any atom is -0.340 e. The van der Waals surface area contributed by atoms with Gasteiger partial charge in [0.1, 0.15) is 11.6 Å². The molecule has 2 fully saturated rings. The van der Waals surface area contributed by atoms with Gasteiger partial charge in [0.25, 0.3) is 0 Å². The van der Waals surface area contributed by atoms with E-state index in [1.165, 1.54) is 0 Å². The average molecular weight is 281 g/mol. The first-order chi connectivity index (χ1) is 9.30. The van der Waals surface area contributed by atoms with Crippen LogP contribution in [0.25, 0.3) is 0 Å². The molecule has 0 spiro atoms. The fraction of sp³-hybridized carbons (Fsp3) is 0.867. The van der Waals surface area contributed by atoms with Gasteiger partial charge in [-0.25, -0.2) is 0 Å². The van der Waals surface area contributed by atoms with Gasteiger partial charge in [0, 0.05) is 18.6 Å². The van der Waals surface area contributed by atoms with Crippen molar-refractivity contribution in [2.75, 3.05) is 13.6 Å². The number of piperidine rings is 1. The van der Waals surface area contributed by atoms with Gasteiger partial charge in [0.2, 0.25) is 11.8 Å². The lowest BCUT2D eigenvalue weighted by Crippen LogP contribution is -2.71. The van der Waals surface area contributed by atoms with Crippen LogP contribution in [-0.2, 0) is 9.59 Å². The second-order valence-corrected chi connectivity index (χ2v) is 6.57. The van der Waals surface area contributed by atoms with Crippen molar-refractivity contribution in [2.24, 2.45) is 0 Å². The Labute approximate surface area is 121 Å². The Morgan fingerprint density at radius 1 is 1.35 bits per heavy atom. The normalized spacial score (nSPS) is 39.9. The molecule has 0 radical (unpaired) electrons. The molecule has 2 saturated heterocycles. The van der Waals surface area contributed by atoms with E-state index in [9.17, 15) is 9.59 Å². The van der Waals surface area contributed by atoms with E-state index >= 15 is 0 Å². The molecule has 2 rings (SSSR count). The lowest BCUT2D eigenvalue weighted by atomic mass is 9.88. The smallest absolute Gasteiger partial charge is 0.248 e. The lowest BCUT2D eigenvalue weighted by molar-refractivity contribution is -0.158. The van der Waals surface area contributed by atoms with Crippen LogP contribution in [-0.4, -0.2) is 58.9 Å². The molecule has 2 heterocycles. The third kappa shape index (κ3) is 2.43. The molecule has 20 heavy (non-hydrogen) atoms. The van der Waals surface area contributed by atoms with Crippen LogP contribution >= 0.6 is 0 Å². The number of nitrogens with zero attached hydrogens (tertiary/aromatic N) is 2. The highest BCUT2D eigenvalue weighted by molar-refractivity contribution is 5.99. The van der Waals surface area contributed by atoms with Crippen LogP contribution in [0, 0.1) is 0 Å². The Hall–Kier alpha value is -1.10. The van der Waals surface area contributed by atoms with Crippen LogP contribution in [0.4, 0.5) is 0 Å². The quantitative estimate of drug-likeness (QED) is 0.821. The maximum Gasteiger partial charge on any atom is 0.248 e. The number of rotatable bonds is 2. The van der Waals surface area contributed by atoms with Gasteiger partial charge in [-0.1, -0.05) is 6.92 Å². The Bertz CT molecular complexity index is 412. The molecule has 0 aromatic carbocycles. The Kier molecular flexibility index (Phi) is 4.09. The third-order valence-electron chi connectivity index (χ3n) is 5.18. The van der Waals surface area contributed by atoms with Crippen molar-refractivity contribution < 1.29 is 9.59 Å². The molecule has 114 valence electrons. The molecule has 0 bridgehead atoms. The number of hydrogen-bond acceptors (Lipinski definition) is 3. The Morgan fingerprint density at radius 3 is 2.55 bits per heavy atom. The van der Waals surface area contributed by atoms with Crippen molar-refractivity contribution in [3.63, 3.8) is 0 Å². The molecule has 0 saturated carbocycles. The average Bonchev–Trinajstić information content (AvgIpc) is 2.41. The molecule has 4 unspecified atom stereocenters. The summed E-state index contributed by atoms with van der Waals surface area (Å²) in [6, 6.07) is 0.273. The molecular formula is C15H27N3O2. The van der Waals surface area contributed by atoms with Gasteiger partial charge in [-0.05, 0) is 47.1 Å². The number of carbonyl (C=O) groups excluding carboxylic acids is 2. The van der Waals surface area contributed by atoms with Crippen LogP contribution in [0.1, 0.15) is 47.0 Å². The summed E-state index contributed by atoms with van der Waals surface area (Å²) in [5.41, 5.74) is -0.740. The largest absolute Gasteiger partial charge is 0.340 e. The van der Waals surface area contributed by atoms with Gasteiger partial charge < -0.3 is 15.1 Å². The lowest BCUT2D eigenvalue weighted by Gasteiger charge is -2.49. The standard InChI is InChI=1S/C15H27N3O2/c1-6-15(4)14(20)18(11(3)13(19)16-15)12-7-8-17(5)10(2)9-12/h10-12H,6-9H2,1-5H3,(H,16,19). The van der Waals surface area contributed by atoms with Crippen molar-refractivity contribution in [1.29, 1.82) is 0 Å². The zero-order valence-corrected chi connectivity index (χ0v) is 13.3. The van der Waals surface area contributed by atoms with Crippen LogP contribution in [0.3, 0.4) is 0 Å². The SMILES string of the molecule is CCC1(C)NC(=O)C(C)N(C2CCN(C)C(C)C2)C1=O. The summed E-state index contributed by atoms with van der Waals surface area (Å²) in [4.78, 5) is 29.2. The highest BCUT2D eigenvalue weighted by Gasteiger charge is 2.48. The molecule has 2 amide bonds. The highest BCUT2D eigenvalue weighted by Crippen LogP contribution is 2.29. The molecule has 1 N–H and O–H groups in total. The second kappa shape index (κ2) is 5.35. The van der Waals surface area contributed by atoms with E-state index < -0.39 is 5.54 Å². The molecule has 0 aromatic heterocycles. The number of amides is 2. The van der Waals surface area contributed by atoms with Crippen molar-refractivity contribution >= 4 is 11.8 Å². The van der Waals surface area contributed by atoms with Gasteiger partial charge in [-0.3, -0.25) is 9.59 Å². The van der Waals surface area contributed by atoms with Crippen LogP contribution in [0.2, 0.25) is 0 Å². The van der Waals surface area contributed by atoms with Gasteiger partial charge in [0.05, 0.1) is 0 Å². The van der Waals surface area contributed by atoms with E-state index in [1.807, 2.05) is 25.7 Å². The van der Waals surface area contributed by atoms with Gasteiger partial charge in [0.15, 0.2) is 0 Å². The third-order valence-corrected chi connectivity index (χ3v) is 5.18. The summed E-state index contributed by atoms with van der Waals surface area (Å²) >= 11 is 0. The molecule has 2 aliphatic heterocycles. The highest BCUT2D eigenvalue weighted by atomic mass is 16.2.